The Labute approximate surface area is 161 Å². The van der Waals surface area contributed by atoms with E-state index in [2.05, 4.69) is 20.2 Å². The maximum absolute atomic E-state index is 13.1. The summed E-state index contributed by atoms with van der Waals surface area (Å²) >= 11 is 6.23. The van der Waals surface area contributed by atoms with Crippen molar-refractivity contribution in [3.63, 3.8) is 0 Å². The van der Waals surface area contributed by atoms with E-state index in [4.69, 9.17) is 16.1 Å². The first-order chi connectivity index (χ1) is 13.2. The lowest BCUT2D eigenvalue weighted by atomic mass is 10.0. The predicted molar refractivity (Wildman–Crippen MR) is 98.1 cm³/mol. The fourth-order valence-corrected chi connectivity index (χ4v) is 3.49. The van der Waals surface area contributed by atoms with Gasteiger partial charge in [0.2, 0.25) is 11.7 Å². The molecule has 8 nitrogen and oxygen atoms in total. The second kappa shape index (κ2) is 7.48. The molecule has 4 heterocycles. The molecule has 1 aliphatic heterocycles. The maximum Gasteiger partial charge on any atom is 0.276 e. The second-order valence-corrected chi connectivity index (χ2v) is 6.79. The van der Waals surface area contributed by atoms with Crippen molar-refractivity contribution in [1.29, 1.82) is 0 Å². The summed E-state index contributed by atoms with van der Waals surface area (Å²) in [6, 6.07) is 3.35. The first-order valence-corrected chi connectivity index (χ1v) is 9.33. The highest BCUT2D eigenvalue weighted by Gasteiger charge is 2.34. The topological polar surface area (TPSA) is 89.9 Å². The molecule has 4 rings (SSSR count). The summed E-state index contributed by atoms with van der Waals surface area (Å²) in [6.45, 7) is 3.20. The van der Waals surface area contributed by atoms with Crippen molar-refractivity contribution in [2.75, 3.05) is 6.54 Å². The van der Waals surface area contributed by atoms with Crippen LogP contribution in [-0.2, 0) is 6.54 Å². The molecule has 3 aromatic heterocycles. The monoisotopic (exact) mass is 386 g/mol. The van der Waals surface area contributed by atoms with E-state index in [1.54, 1.807) is 28.2 Å². The molecule has 9 heteroatoms. The second-order valence-electron chi connectivity index (χ2n) is 6.38. The third-order valence-electron chi connectivity index (χ3n) is 4.67. The van der Waals surface area contributed by atoms with Crippen LogP contribution in [0.25, 0.3) is 11.4 Å². The van der Waals surface area contributed by atoms with Crippen molar-refractivity contribution in [2.45, 2.75) is 38.8 Å². The highest BCUT2D eigenvalue weighted by atomic mass is 35.5. The van der Waals surface area contributed by atoms with Gasteiger partial charge in [-0.05, 0) is 38.3 Å². The van der Waals surface area contributed by atoms with Gasteiger partial charge in [0.05, 0.1) is 5.02 Å². The minimum absolute atomic E-state index is 0.208. The number of halogens is 1. The lowest BCUT2D eigenvalue weighted by Gasteiger charge is -2.32. The molecular weight excluding hydrogens is 368 g/mol. The number of hydrogen-bond donors (Lipinski definition) is 0. The van der Waals surface area contributed by atoms with Crippen molar-refractivity contribution in [3.05, 3.63) is 47.3 Å². The number of pyridine rings is 1. The van der Waals surface area contributed by atoms with Crippen molar-refractivity contribution in [2.24, 2.45) is 0 Å². The van der Waals surface area contributed by atoms with E-state index < -0.39 is 0 Å². The number of piperidine rings is 1. The van der Waals surface area contributed by atoms with Crippen molar-refractivity contribution in [3.8, 4) is 11.4 Å². The third kappa shape index (κ3) is 3.44. The Morgan fingerprint density at radius 3 is 2.89 bits per heavy atom. The molecule has 0 aliphatic carbocycles. The zero-order valence-electron chi connectivity index (χ0n) is 14.9. The Morgan fingerprint density at radius 1 is 1.33 bits per heavy atom. The molecule has 1 unspecified atom stereocenters. The molecule has 27 heavy (non-hydrogen) atoms. The van der Waals surface area contributed by atoms with Gasteiger partial charge in [-0.3, -0.25) is 14.5 Å². The minimum atomic E-state index is -0.280. The quantitative estimate of drug-likeness (QED) is 0.682. The Balaban J connectivity index is 1.62. The fourth-order valence-electron chi connectivity index (χ4n) is 3.26. The molecule has 1 saturated heterocycles. The van der Waals surface area contributed by atoms with E-state index >= 15 is 0 Å². The summed E-state index contributed by atoms with van der Waals surface area (Å²) in [4.78, 5) is 23.3. The average Bonchev–Trinajstić information content (AvgIpc) is 3.35. The summed E-state index contributed by atoms with van der Waals surface area (Å²) < 4.78 is 7.15. The largest absolute Gasteiger partial charge is 0.337 e. The third-order valence-corrected chi connectivity index (χ3v) is 4.95. The SMILES string of the molecule is CCn1cc(Cl)c(C(=O)N2CCCCC2c2nc(-c3ccncc3)no2)n1. The van der Waals surface area contributed by atoms with Gasteiger partial charge >= 0.3 is 0 Å². The Morgan fingerprint density at radius 2 is 2.15 bits per heavy atom. The van der Waals surface area contributed by atoms with Crippen LogP contribution in [0.2, 0.25) is 5.02 Å². The lowest BCUT2D eigenvalue weighted by Crippen LogP contribution is -2.39. The van der Waals surface area contributed by atoms with Gasteiger partial charge in [0.15, 0.2) is 5.69 Å². The van der Waals surface area contributed by atoms with Crippen LogP contribution < -0.4 is 0 Å². The molecular formula is C18H19ClN6O2. The van der Waals surface area contributed by atoms with E-state index in [1.807, 2.05) is 19.1 Å². The number of likely N-dealkylation sites (tertiary alicyclic amines) is 1. The van der Waals surface area contributed by atoms with Gasteiger partial charge in [0, 0.05) is 37.2 Å². The molecule has 1 atom stereocenters. The molecule has 0 radical (unpaired) electrons. The number of rotatable bonds is 4. The zero-order chi connectivity index (χ0) is 18.8. The molecule has 1 aliphatic rings. The normalized spacial score (nSPS) is 17.3. The van der Waals surface area contributed by atoms with Crippen molar-refractivity contribution >= 4 is 17.5 Å². The van der Waals surface area contributed by atoms with Gasteiger partial charge in [-0.15, -0.1) is 0 Å². The molecule has 0 N–H and O–H groups in total. The van der Waals surface area contributed by atoms with E-state index in [0.717, 1.165) is 24.8 Å². The van der Waals surface area contributed by atoms with Gasteiger partial charge in [-0.25, -0.2) is 0 Å². The van der Waals surface area contributed by atoms with Gasteiger partial charge in [-0.1, -0.05) is 16.8 Å². The van der Waals surface area contributed by atoms with Crippen LogP contribution >= 0.6 is 11.6 Å². The number of hydrogen-bond acceptors (Lipinski definition) is 6. The van der Waals surface area contributed by atoms with Crippen LogP contribution in [0.3, 0.4) is 0 Å². The van der Waals surface area contributed by atoms with Crippen LogP contribution in [0, 0.1) is 0 Å². The predicted octanol–water partition coefficient (Wildman–Crippen LogP) is 3.37. The number of carbonyl (C=O) groups is 1. The van der Waals surface area contributed by atoms with Gasteiger partial charge in [0.1, 0.15) is 6.04 Å². The van der Waals surface area contributed by atoms with E-state index in [9.17, 15) is 4.79 Å². The number of amides is 1. The van der Waals surface area contributed by atoms with E-state index in [-0.39, 0.29) is 17.6 Å². The van der Waals surface area contributed by atoms with Crippen molar-refractivity contribution < 1.29 is 9.32 Å². The van der Waals surface area contributed by atoms with Crippen LogP contribution in [0.15, 0.2) is 35.2 Å². The Kier molecular flexibility index (Phi) is 4.89. The van der Waals surface area contributed by atoms with Crippen LogP contribution in [-0.4, -0.2) is 42.3 Å². The van der Waals surface area contributed by atoms with Crippen LogP contribution in [0.5, 0.6) is 0 Å². The van der Waals surface area contributed by atoms with Gasteiger partial charge < -0.3 is 9.42 Å². The molecule has 0 aromatic carbocycles. The lowest BCUT2D eigenvalue weighted by molar-refractivity contribution is 0.0554. The first-order valence-electron chi connectivity index (χ1n) is 8.95. The smallest absolute Gasteiger partial charge is 0.276 e. The first kappa shape index (κ1) is 17.7. The van der Waals surface area contributed by atoms with Gasteiger partial charge in [0.25, 0.3) is 5.91 Å². The minimum Gasteiger partial charge on any atom is -0.337 e. The highest BCUT2D eigenvalue weighted by molar-refractivity contribution is 6.33. The van der Waals surface area contributed by atoms with E-state index in [1.165, 1.54) is 0 Å². The molecule has 0 spiro atoms. The molecule has 3 aromatic rings. The number of nitrogens with zero attached hydrogens (tertiary/aromatic N) is 6. The molecule has 140 valence electrons. The summed E-state index contributed by atoms with van der Waals surface area (Å²) in [6.07, 6.45) is 7.68. The highest BCUT2D eigenvalue weighted by Crippen LogP contribution is 2.33. The van der Waals surface area contributed by atoms with Crippen LogP contribution in [0.4, 0.5) is 0 Å². The average molecular weight is 387 g/mol. The molecule has 1 amide bonds. The zero-order valence-corrected chi connectivity index (χ0v) is 15.6. The molecule has 1 fully saturated rings. The standard InChI is InChI=1S/C18H19ClN6O2/c1-2-24-11-13(19)15(22-24)18(26)25-10-4-3-5-14(25)17-21-16(23-27-17)12-6-8-20-9-7-12/h6-9,11,14H,2-5,10H2,1H3. The van der Waals surface area contributed by atoms with Gasteiger partial charge in [-0.2, -0.15) is 10.1 Å². The van der Waals surface area contributed by atoms with Crippen LogP contribution in [0.1, 0.15) is 48.6 Å². The molecule has 0 saturated carbocycles. The molecule has 0 bridgehead atoms. The summed E-state index contributed by atoms with van der Waals surface area (Å²) in [5.74, 6) is 0.708. The summed E-state index contributed by atoms with van der Waals surface area (Å²) in [5.41, 5.74) is 1.08. The summed E-state index contributed by atoms with van der Waals surface area (Å²) in [5, 5.41) is 8.73. The fraction of sp³-hybridized carbons (Fsp3) is 0.389. The van der Waals surface area contributed by atoms with E-state index in [0.29, 0.717) is 29.8 Å². The maximum atomic E-state index is 13.1. The Bertz CT molecular complexity index is 938. The summed E-state index contributed by atoms with van der Waals surface area (Å²) in [7, 11) is 0. The Hall–Kier alpha value is -2.74. The number of carbonyl (C=O) groups excluding carboxylic acids is 1. The number of aromatic nitrogens is 5. The number of aryl methyl sites for hydroxylation is 1. The van der Waals surface area contributed by atoms with Crippen molar-refractivity contribution in [1.82, 2.24) is 29.8 Å².